The van der Waals surface area contributed by atoms with Crippen LogP contribution in [0.15, 0.2) is 24.3 Å². The highest BCUT2D eigenvalue weighted by atomic mass is 32.1. The van der Waals surface area contributed by atoms with Gasteiger partial charge in [-0.05, 0) is 45.1 Å². The van der Waals surface area contributed by atoms with Crippen LogP contribution in [0.4, 0.5) is 0 Å². The maximum Gasteiger partial charge on any atom is 0.199 e. The average Bonchev–Trinajstić information content (AvgIpc) is 3.04. The third kappa shape index (κ3) is 2.55. The Balaban J connectivity index is 1.92. The van der Waals surface area contributed by atoms with Crippen LogP contribution >= 0.6 is 12.2 Å². The summed E-state index contributed by atoms with van der Waals surface area (Å²) in [5.41, 5.74) is 2.37. The molecule has 0 spiro atoms. The fraction of sp³-hybridized carbons (Fsp3) is 0.467. The van der Waals surface area contributed by atoms with Crippen molar-refractivity contribution in [2.45, 2.75) is 26.4 Å². The molecular formula is C15H20N4S. The zero-order chi connectivity index (χ0) is 14.1. The molecule has 1 aliphatic rings. The predicted molar refractivity (Wildman–Crippen MR) is 83.0 cm³/mol. The van der Waals surface area contributed by atoms with E-state index in [1.807, 2.05) is 16.3 Å². The van der Waals surface area contributed by atoms with E-state index in [4.69, 9.17) is 17.3 Å². The number of benzene rings is 1. The van der Waals surface area contributed by atoms with Gasteiger partial charge in [0.25, 0.3) is 0 Å². The number of likely N-dealkylation sites (tertiary alicyclic amines) is 1. The van der Waals surface area contributed by atoms with E-state index in [2.05, 4.69) is 36.1 Å². The summed E-state index contributed by atoms with van der Waals surface area (Å²) in [7, 11) is 1.99. The Morgan fingerprint density at radius 1 is 1.15 bits per heavy atom. The average molecular weight is 288 g/mol. The Morgan fingerprint density at radius 2 is 1.80 bits per heavy atom. The quantitative estimate of drug-likeness (QED) is 0.812. The fourth-order valence-electron chi connectivity index (χ4n) is 2.65. The smallest absolute Gasteiger partial charge is 0.199 e. The van der Waals surface area contributed by atoms with Crippen LogP contribution in [0.25, 0.3) is 11.4 Å². The van der Waals surface area contributed by atoms with Gasteiger partial charge in [-0.25, -0.2) is 4.68 Å². The van der Waals surface area contributed by atoms with Gasteiger partial charge in [-0.3, -0.25) is 4.90 Å². The maximum absolute atomic E-state index is 5.51. The molecule has 0 amide bonds. The van der Waals surface area contributed by atoms with Crippen molar-refractivity contribution < 1.29 is 0 Å². The van der Waals surface area contributed by atoms with Crippen LogP contribution in [0.2, 0.25) is 0 Å². The second-order valence-corrected chi connectivity index (χ2v) is 5.86. The highest BCUT2D eigenvalue weighted by Gasteiger charge is 2.15. The van der Waals surface area contributed by atoms with E-state index in [-0.39, 0.29) is 0 Å². The molecule has 0 atom stereocenters. The zero-order valence-corrected chi connectivity index (χ0v) is 12.9. The van der Waals surface area contributed by atoms with Gasteiger partial charge < -0.3 is 4.57 Å². The van der Waals surface area contributed by atoms with Crippen molar-refractivity contribution in [3.63, 3.8) is 0 Å². The lowest BCUT2D eigenvalue weighted by molar-refractivity contribution is 0.253. The first-order valence-corrected chi connectivity index (χ1v) is 7.49. The van der Waals surface area contributed by atoms with Crippen molar-refractivity contribution in [3.05, 3.63) is 34.6 Å². The standard InChI is InChI=1S/C15H20N4S/c1-12-5-7-13(8-6-12)14-16-19(15(20)17(14)2)11-18-9-3-4-10-18/h5-8H,3-4,9-11H2,1-2H3. The summed E-state index contributed by atoms with van der Waals surface area (Å²) in [5.74, 6) is 0.939. The van der Waals surface area contributed by atoms with Crippen molar-refractivity contribution in [2.75, 3.05) is 13.1 Å². The van der Waals surface area contributed by atoms with Gasteiger partial charge in [0, 0.05) is 12.6 Å². The van der Waals surface area contributed by atoms with Crippen molar-refractivity contribution >= 4 is 12.2 Å². The topological polar surface area (TPSA) is 26.0 Å². The molecule has 1 fully saturated rings. The van der Waals surface area contributed by atoms with Crippen molar-refractivity contribution in [3.8, 4) is 11.4 Å². The Bertz CT molecular complexity index is 648. The van der Waals surface area contributed by atoms with E-state index < -0.39 is 0 Å². The Hall–Kier alpha value is -1.46. The second kappa shape index (κ2) is 5.50. The van der Waals surface area contributed by atoms with Crippen LogP contribution in [-0.4, -0.2) is 32.3 Å². The van der Waals surface area contributed by atoms with Gasteiger partial charge >= 0.3 is 0 Å². The van der Waals surface area contributed by atoms with Gasteiger partial charge in [-0.2, -0.15) is 5.10 Å². The Kier molecular flexibility index (Phi) is 3.72. The van der Waals surface area contributed by atoms with Crippen LogP contribution < -0.4 is 0 Å². The SMILES string of the molecule is Cc1ccc(-c2nn(CN3CCCC3)c(=S)n2C)cc1. The highest BCUT2D eigenvalue weighted by Crippen LogP contribution is 2.18. The third-order valence-electron chi connectivity index (χ3n) is 3.88. The second-order valence-electron chi connectivity index (χ2n) is 5.50. The number of aryl methyl sites for hydroxylation is 1. The molecule has 2 aromatic rings. The molecule has 0 N–H and O–H groups in total. The molecule has 2 heterocycles. The number of nitrogens with zero attached hydrogens (tertiary/aromatic N) is 4. The zero-order valence-electron chi connectivity index (χ0n) is 12.0. The number of aromatic nitrogens is 3. The normalized spacial score (nSPS) is 15.9. The van der Waals surface area contributed by atoms with Gasteiger partial charge in [-0.1, -0.05) is 29.8 Å². The summed E-state index contributed by atoms with van der Waals surface area (Å²) in [6.45, 7) is 5.20. The van der Waals surface area contributed by atoms with Crippen molar-refractivity contribution in [2.24, 2.45) is 7.05 Å². The largest absolute Gasteiger partial charge is 0.303 e. The van der Waals surface area contributed by atoms with E-state index in [1.165, 1.54) is 18.4 Å². The fourth-order valence-corrected chi connectivity index (χ4v) is 2.83. The molecule has 0 saturated carbocycles. The minimum atomic E-state index is 0.785. The summed E-state index contributed by atoms with van der Waals surface area (Å²) in [6.07, 6.45) is 2.57. The molecule has 5 heteroatoms. The molecule has 3 rings (SSSR count). The maximum atomic E-state index is 5.51. The van der Waals surface area contributed by atoms with E-state index in [1.54, 1.807) is 0 Å². The minimum absolute atomic E-state index is 0.785. The molecule has 1 aliphatic heterocycles. The first-order valence-electron chi connectivity index (χ1n) is 7.08. The molecular weight excluding hydrogens is 268 g/mol. The number of rotatable bonds is 3. The van der Waals surface area contributed by atoms with E-state index >= 15 is 0 Å². The third-order valence-corrected chi connectivity index (χ3v) is 4.37. The molecule has 1 saturated heterocycles. The lowest BCUT2D eigenvalue weighted by atomic mass is 10.1. The summed E-state index contributed by atoms with van der Waals surface area (Å²) < 4.78 is 4.72. The molecule has 20 heavy (non-hydrogen) atoms. The molecule has 1 aromatic carbocycles. The lowest BCUT2D eigenvalue weighted by Gasteiger charge is -2.13. The van der Waals surface area contributed by atoms with Crippen molar-refractivity contribution in [1.29, 1.82) is 0 Å². The van der Waals surface area contributed by atoms with Gasteiger partial charge in [0.05, 0.1) is 6.67 Å². The first kappa shape index (κ1) is 13.5. The van der Waals surface area contributed by atoms with Crippen LogP contribution in [0.1, 0.15) is 18.4 Å². The van der Waals surface area contributed by atoms with E-state index in [9.17, 15) is 0 Å². The summed E-state index contributed by atoms with van der Waals surface area (Å²) >= 11 is 5.51. The summed E-state index contributed by atoms with van der Waals surface area (Å²) in [6, 6.07) is 8.43. The van der Waals surface area contributed by atoms with Crippen LogP contribution in [0.3, 0.4) is 0 Å². The van der Waals surface area contributed by atoms with Crippen LogP contribution in [0.5, 0.6) is 0 Å². The summed E-state index contributed by atoms with van der Waals surface area (Å²) in [5, 5.41) is 4.71. The number of hydrogen-bond acceptors (Lipinski definition) is 3. The number of hydrogen-bond donors (Lipinski definition) is 0. The predicted octanol–water partition coefficient (Wildman–Crippen LogP) is 2.98. The molecule has 0 aliphatic carbocycles. The molecule has 0 radical (unpaired) electrons. The summed E-state index contributed by atoms with van der Waals surface area (Å²) in [4.78, 5) is 2.40. The Morgan fingerprint density at radius 3 is 2.45 bits per heavy atom. The monoisotopic (exact) mass is 288 g/mol. The Labute approximate surface area is 124 Å². The van der Waals surface area contributed by atoms with E-state index in [0.717, 1.165) is 35.9 Å². The van der Waals surface area contributed by atoms with Gasteiger partial charge in [0.15, 0.2) is 10.6 Å². The van der Waals surface area contributed by atoms with Gasteiger partial charge in [0.1, 0.15) is 0 Å². The first-order chi connectivity index (χ1) is 9.65. The van der Waals surface area contributed by atoms with E-state index in [0.29, 0.717) is 0 Å². The van der Waals surface area contributed by atoms with Crippen LogP contribution in [0, 0.1) is 11.7 Å². The van der Waals surface area contributed by atoms with Gasteiger partial charge in [-0.15, -0.1) is 0 Å². The molecule has 1 aromatic heterocycles. The van der Waals surface area contributed by atoms with Crippen molar-refractivity contribution in [1.82, 2.24) is 19.2 Å². The molecule has 0 unspecified atom stereocenters. The highest BCUT2D eigenvalue weighted by molar-refractivity contribution is 7.71. The molecule has 106 valence electrons. The van der Waals surface area contributed by atoms with Crippen LogP contribution in [-0.2, 0) is 13.7 Å². The lowest BCUT2D eigenvalue weighted by Crippen LogP contribution is -2.23. The molecule has 0 bridgehead atoms. The minimum Gasteiger partial charge on any atom is -0.303 e. The van der Waals surface area contributed by atoms with Gasteiger partial charge in [0.2, 0.25) is 0 Å². The molecule has 4 nitrogen and oxygen atoms in total.